The van der Waals surface area contributed by atoms with E-state index in [-0.39, 0.29) is 0 Å². The summed E-state index contributed by atoms with van der Waals surface area (Å²) in [5, 5.41) is 0. The van der Waals surface area contributed by atoms with Crippen LogP contribution >= 0.6 is 0 Å². The number of hydrogen-bond acceptors (Lipinski definition) is 2. The number of hydrogen-bond donors (Lipinski definition) is 2. The van der Waals surface area contributed by atoms with E-state index >= 15 is 0 Å². The zero-order chi connectivity index (χ0) is 8.95. The Kier molecular flexibility index (Phi) is 20.2. The van der Waals surface area contributed by atoms with Gasteiger partial charge in [-0.05, 0) is 6.42 Å². The summed E-state index contributed by atoms with van der Waals surface area (Å²) in [6, 6.07) is 0. The van der Waals surface area contributed by atoms with Gasteiger partial charge in [-0.25, -0.2) is 0 Å². The molecule has 0 aliphatic heterocycles. The van der Waals surface area contributed by atoms with E-state index in [2.05, 4.69) is 26.2 Å². The molecular weight excluding hydrogens is 136 g/mol. The standard InChI is InChI=1S/C5H14N2.C4H10/c1-2-3-4-5-7-6;1-3-4-2/h7H,2-6H2,1H3;3-4H2,1-2H3. The fourth-order valence-electron chi connectivity index (χ4n) is 0.477. The Morgan fingerprint density at radius 3 is 1.73 bits per heavy atom. The fourth-order valence-corrected chi connectivity index (χ4v) is 0.477. The van der Waals surface area contributed by atoms with E-state index in [1.54, 1.807) is 0 Å². The molecule has 70 valence electrons. The van der Waals surface area contributed by atoms with E-state index in [4.69, 9.17) is 5.84 Å². The molecule has 0 bridgehead atoms. The summed E-state index contributed by atoms with van der Waals surface area (Å²) in [7, 11) is 0. The van der Waals surface area contributed by atoms with Crippen molar-refractivity contribution in [2.75, 3.05) is 6.54 Å². The number of nitrogens with one attached hydrogen (secondary N) is 1. The van der Waals surface area contributed by atoms with Crippen molar-refractivity contribution in [1.29, 1.82) is 0 Å². The highest BCUT2D eigenvalue weighted by Crippen LogP contribution is 1.89. The average Bonchev–Trinajstić information content (AvgIpc) is 2.06. The second-order valence-electron chi connectivity index (χ2n) is 2.66. The van der Waals surface area contributed by atoms with Crippen LogP contribution in [0.1, 0.15) is 52.9 Å². The molecule has 11 heavy (non-hydrogen) atoms. The summed E-state index contributed by atoms with van der Waals surface area (Å²) < 4.78 is 0. The Morgan fingerprint density at radius 1 is 0.909 bits per heavy atom. The maximum Gasteiger partial charge on any atom is 0.00974 e. The molecule has 0 radical (unpaired) electrons. The predicted molar refractivity (Wildman–Crippen MR) is 52.3 cm³/mol. The fraction of sp³-hybridized carbons (Fsp3) is 1.00. The van der Waals surface area contributed by atoms with Gasteiger partial charge in [-0.1, -0.05) is 46.5 Å². The first-order valence-corrected chi connectivity index (χ1v) is 4.76. The third-order valence-corrected chi connectivity index (χ3v) is 1.42. The third-order valence-electron chi connectivity index (χ3n) is 1.42. The number of nitrogens with two attached hydrogens (primary N) is 1. The molecule has 0 aliphatic carbocycles. The molecule has 0 unspecified atom stereocenters. The van der Waals surface area contributed by atoms with E-state index in [1.165, 1.54) is 32.1 Å². The second kappa shape index (κ2) is 16.5. The summed E-state index contributed by atoms with van der Waals surface area (Å²) in [5.41, 5.74) is 2.60. The highest BCUT2D eigenvalue weighted by molar-refractivity contribution is 4.37. The maximum atomic E-state index is 5.02. The molecule has 0 rings (SSSR count). The Morgan fingerprint density at radius 2 is 1.45 bits per heavy atom. The summed E-state index contributed by atoms with van der Waals surface area (Å²) in [6.45, 7) is 7.49. The first kappa shape index (κ1) is 13.5. The van der Waals surface area contributed by atoms with Crippen LogP contribution in [0.2, 0.25) is 0 Å². The van der Waals surface area contributed by atoms with Crippen molar-refractivity contribution in [2.24, 2.45) is 5.84 Å². The van der Waals surface area contributed by atoms with E-state index in [0.717, 1.165) is 6.54 Å². The predicted octanol–water partition coefficient (Wildman–Crippen LogP) is 2.45. The van der Waals surface area contributed by atoms with Crippen LogP contribution in [0.4, 0.5) is 0 Å². The van der Waals surface area contributed by atoms with Gasteiger partial charge in [-0.2, -0.15) is 0 Å². The summed E-state index contributed by atoms with van der Waals surface area (Å²) in [5.74, 6) is 5.02. The molecule has 0 aliphatic rings. The normalized spacial score (nSPS) is 8.73. The Bertz CT molecular complexity index is 40.8. The first-order chi connectivity index (χ1) is 5.33. The van der Waals surface area contributed by atoms with Crippen LogP contribution in [0.5, 0.6) is 0 Å². The highest BCUT2D eigenvalue weighted by atomic mass is 15.2. The minimum atomic E-state index is 0.952. The largest absolute Gasteiger partial charge is 0.271 e. The molecule has 2 heteroatoms. The summed E-state index contributed by atoms with van der Waals surface area (Å²) in [6.07, 6.45) is 6.39. The molecular formula is C9H24N2. The van der Waals surface area contributed by atoms with E-state index in [9.17, 15) is 0 Å². The van der Waals surface area contributed by atoms with Gasteiger partial charge in [0.05, 0.1) is 0 Å². The van der Waals surface area contributed by atoms with Crippen LogP contribution in [-0.4, -0.2) is 6.54 Å². The molecule has 0 atom stereocenters. The van der Waals surface area contributed by atoms with Crippen molar-refractivity contribution in [3.05, 3.63) is 0 Å². The lowest BCUT2D eigenvalue weighted by Crippen LogP contribution is -2.22. The lowest BCUT2D eigenvalue weighted by Gasteiger charge is -1.93. The second-order valence-corrected chi connectivity index (χ2v) is 2.66. The SMILES string of the molecule is CCCC.CCCCCNN. The van der Waals surface area contributed by atoms with Crippen molar-refractivity contribution in [3.8, 4) is 0 Å². The highest BCUT2D eigenvalue weighted by Gasteiger charge is 1.79. The van der Waals surface area contributed by atoms with Crippen LogP contribution in [0.3, 0.4) is 0 Å². The first-order valence-electron chi connectivity index (χ1n) is 4.76. The molecule has 3 N–H and O–H groups in total. The lowest BCUT2D eigenvalue weighted by molar-refractivity contribution is 0.637. The van der Waals surface area contributed by atoms with Gasteiger partial charge in [-0.3, -0.25) is 11.3 Å². The lowest BCUT2D eigenvalue weighted by atomic mass is 10.3. The number of unbranched alkanes of at least 4 members (excludes halogenated alkanes) is 3. The van der Waals surface area contributed by atoms with Crippen molar-refractivity contribution in [1.82, 2.24) is 5.43 Å². The molecule has 2 nitrogen and oxygen atoms in total. The maximum absolute atomic E-state index is 5.02. The Balaban J connectivity index is 0. The molecule has 0 saturated heterocycles. The van der Waals surface area contributed by atoms with E-state index < -0.39 is 0 Å². The topological polar surface area (TPSA) is 38.0 Å². The van der Waals surface area contributed by atoms with Crippen molar-refractivity contribution < 1.29 is 0 Å². The van der Waals surface area contributed by atoms with Crippen LogP contribution in [0, 0.1) is 0 Å². The van der Waals surface area contributed by atoms with E-state index in [0.29, 0.717) is 0 Å². The van der Waals surface area contributed by atoms with Crippen LogP contribution in [-0.2, 0) is 0 Å². The molecule has 0 aromatic heterocycles. The van der Waals surface area contributed by atoms with Gasteiger partial charge in [0, 0.05) is 6.54 Å². The van der Waals surface area contributed by atoms with Crippen molar-refractivity contribution in [3.63, 3.8) is 0 Å². The third kappa shape index (κ3) is 25.7. The smallest absolute Gasteiger partial charge is 0.00974 e. The Labute approximate surface area is 71.5 Å². The van der Waals surface area contributed by atoms with Gasteiger partial charge >= 0.3 is 0 Å². The minimum Gasteiger partial charge on any atom is -0.271 e. The molecule has 0 saturated carbocycles. The molecule has 0 fully saturated rings. The number of rotatable bonds is 5. The molecule has 0 spiro atoms. The van der Waals surface area contributed by atoms with Gasteiger partial charge in [-0.15, -0.1) is 0 Å². The van der Waals surface area contributed by atoms with Gasteiger partial charge in [0.15, 0.2) is 0 Å². The van der Waals surface area contributed by atoms with Crippen LogP contribution in [0.15, 0.2) is 0 Å². The van der Waals surface area contributed by atoms with Crippen molar-refractivity contribution >= 4 is 0 Å². The van der Waals surface area contributed by atoms with Gasteiger partial charge in [0.2, 0.25) is 0 Å². The monoisotopic (exact) mass is 160 g/mol. The van der Waals surface area contributed by atoms with Crippen LogP contribution in [0.25, 0.3) is 0 Å². The molecule has 0 amide bonds. The zero-order valence-corrected chi connectivity index (χ0v) is 8.32. The summed E-state index contributed by atoms with van der Waals surface area (Å²) in [4.78, 5) is 0. The molecule has 0 aromatic rings. The van der Waals surface area contributed by atoms with Gasteiger partial charge in [0.25, 0.3) is 0 Å². The molecule has 0 aromatic carbocycles. The van der Waals surface area contributed by atoms with E-state index in [1.807, 2.05) is 0 Å². The number of hydrazine groups is 1. The molecule has 0 heterocycles. The quantitative estimate of drug-likeness (QED) is 0.368. The zero-order valence-electron chi connectivity index (χ0n) is 8.32. The Hall–Kier alpha value is -0.0800. The van der Waals surface area contributed by atoms with Crippen molar-refractivity contribution in [2.45, 2.75) is 52.9 Å². The minimum absolute atomic E-state index is 0.952. The average molecular weight is 160 g/mol. The van der Waals surface area contributed by atoms with Gasteiger partial charge in [0.1, 0.15) is 0 Å². The van der Waals surface area contributed by atoms with Gasteiger partial charge < -0.3 is 0 Å². The van der Waals surface area contributed by atoms with Crippen LogP contribution < -0.4 is 11.3 Å². The summed E-state index contributed by atoms with van der Waals surface area (Å²) >= 11 is 0.